The fourth-order valence-corrected chi connectivity index (χ4v) is 2.46. The van der Waals surface area contributed by atoms with Gasteiger partial charge in [0.25, 0.3) is 0 Å². The zero-order chi connectivity index (χ0) is 16.4. The summed E-state index contributed by atoms with van der Waals surface area (Å²) in [5, 5.41) is 0. The maximum absolute atomic E-state index is 6.15. The van der Waals surface area contributed by atoms with Crippen LogP contribution in [0.2, 0.25) is 0 Å². The second-order valence-electron chi connectivity index (χ2n) is 9.73. The fourth-order valence-electron chi connectivity index (χ4n) is 2.46. The number of hydrogen-bond donors (Lipinski definition) is 1. The lowest BCUT2D eigenvalue weighted by Gasteiger charge is -2.48. The van der Waals surface area contributed by atoms with Crippen LogP contribution in [-0.2, 0) is 0 Å². The molecule has 0 radical (unpaired) electrons. The van der Waals surface area contributed by atoms with Crippen molar-refractivity contribution in [1.82, 2.24) is 4.90 Å². The SMILES string of the molecule is CN(C(C)(C)CCC(C)(C)C)C(C)(C)CCC(C)(C)N. The van der Waals surface area contributed by atoms with E-state index in [1.807, 2.05) is 0 Å². The highest BCUT2D eigenvalue weighted by Gasteiger charge is 2.35. The Bertz CT molecular complexity index is 260. The van der Waals surface area contributed by atoms with Crippen molar-refractivity contribution in [2.24, 2.45) is 11.1 Å². The van der Waals surface area contributed by atoms with Crippen LogP contribution in [0.15, 0.2) is 0 Å². The lowest BCUT2D eigenvalue weighted by Crippen LogP contribution is -2.54. The Morgan fingerprint density at radius 3 is 1.30 bits per heavy atom. The van der Waals surface area contributed by atoms with Gasteiger partial charge in [-0.25, -0.2) is 0 Å². The molecule has 0 aromatic carbocycles. The van der Waals surface area contributed by atoms with Gasteiger partial charge in [-0.15, -0.1) is 0 Å². The van der Waals surface area contributed by atoms with E-state index in [9.17, 15) is 0 Å². The molecule has 0 saturated carbocycles. The molecule has 0 aliphatic carbocycles. The molecule has 0 aliphatic heterocycles. The number of rotatable bonds is 7. The van der Waals surface area contributed by atoms with E-state index in [1.165, 1.54) is 12.8 Å². The number of nitrogens with two attached hydrogens (primary N) is 1. The van der Waals surface area contributed by atoms with Gasteiger partial charge in [-0.1, -0.05) is 20.8 Å². The van der Waals surface area contributed by atoms with Crippen LogP contribution in [0.1, 0.15) is 88.0 Å². The van der Waals surface area contributed by atoms with Gasteiger partial charge in [-0.3, -0.25) is 4.90 Å². The minimum atomic E-state index is -0.0757. The molecule has 0 rings (SSSR count). The summed E-state index contributed by atoms with van der Waals surface area (Å²) in [4.78, 5) is 2.55. The molecule has 0 spiro atoms. The molecule has 0 heterocycles. The Kier molecular flexibility index (Phi) is 6.33. The van der Waals surface area contributed by atoms with Gasteiger partial charge >= 0.3 is 0 Å². The average Bonchev–Trinajstić information content (AvgIpc) is 2.21. The van der Waals surface area contributed by atoms with Crippen LogP contribution in [-0.4, -0.2) is 28.6 Å². The van der Waals surface area contributed by atoms with Gasteiger partial charge in [0.05, 0.1) is 0 Å². The van der Waals surface area contributed by atoms with Gasteiger partial charge in [0, 0.05) is 16.6 Å². The summed E-state index contributed by atoms with van der Waals surface area (Å²) in [6.07, 6.45) is 4.66. The van der Waals surface area contributed by atoms with Gasteiger partial charge in [0.1, 0.15) is 0 Å². The van der Waals surface area contributed by atoms with Crippen LogP contribution in [0.25, 0.3) is 0 Å². The lowest BCUT2D eigenvalue weighted by molar-refractivity contribution is 0.0227. The third kappa shape index (κ3) is 7.64. The van der Waals surface area contributed by atoms with Crippen LogP contribution < -0.4 is 5.73 Å². The summed E-state index contributed by atoms with van der Waals surface area (Å²) in [6, 6.07) is 0. The number of hydrogen-bond acceptors (Lipinski definition) is 2. The van der Waals surface area contributed by atoms with E-state index < -0.39 is 0 Å². The Labute approximate surface area is 128 Å². The highest BCUT2D eigenvalue weighted by Crippen LogP contribution is 2.34. The van der Waals surface area contributed by atoms with E-state index in [1.54, 1.807) is 0 Å². The monoisotopic (exact) mass is 284 g/mol. The molecule has 0 bridgehead atoms. The topological polar surface area (TPSA) is 29.3 Å². The molecule has 0 atom stereocenters. The fraction of sp³-hybridized carbons (Fsp3) is 1.00. The molecular weight excluding hydrogens is 244 g/mol. The second kappa shape index (κ2) is 6.36. The van der Waals surface area contributed by atoms with Gasteiger partial charge in [0.15, 0.2) is 0 Å². The van der Waals surface area contributed by atoms with Crippen molar-refractivity contribution in [3.63, 3.8) is 0 Å². The normalized spacial score (nSPS) is 15.0. The first kappa shape index (κ1) is 19.9. The van der Waals surface area contributed by atoms with Crippen LogP contribution in [0.3, 0.4) is 0 Å². The Balaban J connectivity index is 4.70. The van der Waals surface area contributed by atoms with E-state index in [4.69, 9.17) is 5.73 Å². The first-order chi connectivity index (χ1) is 8.57. The molecule has 0 amide bonds. The van der Waals surface area contributed by atoms with E-state index in [2.05, 4.69) is 74.3 Å². The van der Waals surface area contributed by atoms with Crippen molar-refractivity contribution in [3.8, 4) is 0 Å². The van der Waals surface area contributed by atoms with Crippen molar-refractivity contribution in [3.05, 3.63) is 0 Å². The predicted octanol–water partition coefficient (Wildman–Crippen LogP) is 4.82. The molecule has 2 nitrogen and oxygen atoms in total. The third-order valence-corrected chi connectivity index (χ3v) is 4.68. The molecule has 2 N–H and O–H groups in total. The van der Waals surface area contributed by atoms with E-state index in [0.29, 0.717) is 5.41 Å². The molecule has 2 heteroatoms. The molecule has 0 fully saturated rings. The summed E-state index contributed by atoms with van der Waals surface area (Å²) < 4.78 is 0. The van der Waals surface area contributed by atoms with Crippen molar-refractivity contribution in [2.45, 2.75) is 105 Å². The van der Waals surface area contributed by atoms with Gasteiger partial charge in [0.2, 0.25) is 0 Å². The standard InChI is InChI=1S/C18H40N2/c1-15(2,3)11-13-17(6,7)20(10)18(8,9)14-12-16(4,5)19/h11-14,19H2,1-10H3. The highest BCUT2D eigenvalue weighted by molar-refractivity contribution is 4.92. The molecule has 0 aliphatic rings. The average molecular weight is 285 g/mol. The van der Waals surface area contributed by atoms with Crippen molar-refractivity contribution >= 4 is 0 Å². The van der Waals surface area contributed by atoms with E-state index >= 15 is 0 Å². The first-order valence-corrected chi connectivity index (χ1v) is 8.10. The zero-order valence-corrected chi connectivity index (χ0v) is 15.9. The summed E-state index contributed by atoms with van der Waals surface area (Å²) in [6.45, 7) is 20.6. The predicted molar refractivity (Wildman–Crippen MR) is 92.1 cm³/mol. The number of nitrogens with zero attached hydrogens (tertiary/aromatic N) is 1. The van der Waals surface area contributed by atoms with Crippen LogP contribution in [0, 0.1) is 5.41 Å². The third-order valence-electron chi connectivity index (χ3n) is 4.68. The molecule has 0 unspecified atom stereocenters. The summed E-state index contributed by atoms with van der Waals surface area (Å²) in [7, 11) is 2.27. The summed E-state index contributed by atoms with van der Waals surface area (Å²) >= 11 is 0. The maximum Gasteiger partial charge on any atom is 0.0156 e. The van der Waals surface area contributed by atoms with Gasteiger partial charge in [-0.05, 0) is 79.7 Å². The lowest BCUT2D eigenvalue weighted by atomic mass is 9.81. The molecule has 122 valence electrons. The summed E-state index contributed by atoms with van der Waals surface area (Å²) in [5.74, 6) is 0. The molecule has 0 aromatic heterocycles. The first-order valence-electron chi connectivity index (χ1n) is 8.10. The molecule has 0 saturated heterocycles. The molecular formula is C18H40N2. The Hall–Kier alpha value is -0.0800. The van der Waals surface area contributed by atoms with Crippen molar-refractivity contribution in [1.29, 1.82) is 0 Å². The minimum Gasteiger partial charge on any atom is -0.326 e. The largest absolute Gasteiger partial charge is 0.326 e. The van der Waals surface area contributed by atoms with Crippen molar-refractivity contribution in [2.75, 3.05) is 7.05 Å². The van der Waals surface area contributed by atoms with E-state index in [0.717, 1.165) is 12.8 Å². The van der Waals surface area contributed by atoms with Gasteiger partial charge < -0.3 is 5.73 Å². The zero-order valence-electron chi connectivity index (χ0n) is 15.9. The smallest absolute Gasteiger partial charge is 0.0156 e. The van der Waals surface area contributed by atoms with Crippen LogP contribution in [0.5, 0.6) is 0 Å². The second-order valence-corrected chi connectivity index (χ2v) is 9.73. The van der Waals surface area contributed by atoms with E-state index in [-0.39, 0.29) is 16.6 Å². The van der Waals surface area contributed by atoms with Crippen molar-refractivity contribution < 1.29 is 0 Å². The highest BCUT2D eigenvalue weighted by atomic mass is 15.2. The van der Waals surface area contributed by atoms with Gasteiger partial charge in [-0.2, -0.15) is 0 Å². The van der Waals surface area contributed by atoms with Crippen LogP contribution >= 0.6 is 0 Å². The Morgan fingerprint density at radius 2 is 1.00 bits per heavy atom. The maximum atomic E-state index is 6.15. The quantitative estimate of drug-likeness (QED) is 0.726. The molecule has 0 aromatic rings. The van der Waals surface area contributed by atoms with Crippen LogP contribution in [0.4, 0.5) is 0 Å². The summed E-state index contributed by atoms with van der Waals surface area (Å²) in [5.41, 5.74) is 6.87. The Morgan fingerprint density at radius 1 is 0.650 bits per heavy atom. The minimum absolute atomic E-state index is 0.0757. The molecule has 20 heavy (non-hydrogen) atoms.